The summed E-state index contributed by atoms with van der Waals surface area (Å²) < 4.78 is 77.4. The summed E-state index contributed by atoms with van der Waals surface area (Å²) in [5, 5.41) is 9.39. The zero-order valence-corrected chi connectivity index (χ0v) is 13.3. The molecule has 0 atom stereocenters. The van der Waals surface area contributed by atoms with Crippen LogP contribution in [-0.4, -0.2) is 32.4 Å². The van der Waals surface area contributed by atoms with Crippen LogP contribution in [0.1, 0.15) is 5.56 Å². The molecule has 0 spiro atoms. The smallest absolute Gasteiger partial charge is 0.369 e. The van der Waals surface area contributed by atoms with Crippen molar-refractivity contribution in [3.63, 3.8) is 0 Å². The van der Waals surface area contributed by atoms with Crippen molar-refractivity contribution >= 4 is 0 Å². The number of alkyl halides is 6. The minimum Gasteiger partial charge on any atom is -0.369 e. The van der Waals surface area contributed by atoms with Crippen LogP contribution in [0, 0.1) is 0 Å². The molecule has 0 aliphatic heterocycles. The highest BCUT2D eigenvalue weighted by Gasteiger charge is 2.71. The van der Waals surface area contributed by atoms with E-state index in [9.17, 15) is 31.4 Å². The number of aliphatic hydroxyl groups is 1. The Labute approximate surface area is 148 Å². The summed E-state index contributed by atoms with van der Waals surface area (Å²) in [5.41, 5.74) is -4.76. The van der Waals surface area contributed by atoms with Crippen LogP contribution in [0.25, 0.3) is 22.6 Å². The number of imidazole rings is 1. The summed E-state index contributed by atoms with van der Waals surface area (Å²) in [5.74, 6) is 0.239. The van der Waals surface area contributed by atoms with Crippen LogP contribution in [-0.2, 0) is 5.60 Å². The molecule has 27 heavy (non-hydrogen) atoms. The monoisotopic (exact) mass is 387 g/mol. The fraction of sp³-hybridized carbons (Fsp3) is 0.176. The molecule has 3 rings (SSSR count). The molecule has 2 heterocycles. The molecule has 4 nitrogen and oxygen atoms in total. The van der Waals surface area contributed by atoms with E-state index in [0.29, 0.717) is 23.4 Å². The Kier molecular flexibility index (Phi) is 4.46. The van der Waals surface area contributed by atoms with E-state index >= 15 is 0 Å². The van der Waals surface area contributed by atoms with E-state index in [2.05, 4.69) is 15.0 Å². The lowest BCUT2D eigenvalue weighted by atomic mass is 9.91. The summed E-state index contributed by atoms with van der Waals surface area (Å²) in [6.45, 7) is 0. The van der Waals surface area contributed by atoms with Crippen molar-refractivity contribution in [3.05, 3.63) is 60.6 Å². The van der Waals surface area contributed by atoms with Gasteiger partial charge in [-0.2, -0.15) is 26.3 Å². The number of hydrogen-bond acceptors (Lipinski definition) is 3. The molecule has 2 aromatic heterocycles. The molecule has 0 unspecified atom stereocenters. The highest BCUT2D eigenvalue weighted by Crippen LogP contribution is 2.50. The van der Waals surface area contributed by atoms with Crippen LogP contribution in [0.4, 0.5) is 26.3 Å². The van der Waals surface area contributed by atoms with Crippen molar-refractivity contribution < 1.29 is 31.4 Å². The molecule has 142 valence electrons. The fourth-order valence-corrected chi connectivity index (χ4v) is 2.49. The van der Waals surface area contributed by atoms with Crippen molar-refractivity contribution in [2.75, 3.05) is 0 Å². The standard InChI is InChI=1S/C17H11F6N3O/c18-16(19,20)15(27,17(21,22)23)12-5-3-10(4-6-12)14-25-9-13(26-14)11-2-1-7-24-8-11/h1-9,27H,(H,25,26). The van der Waals surface area contributed by atoms with Crippen LogP contribution in [0.3, 0.4) is 0 Å². The van der Waals surface area contributed by atoms with Crippen LogP contribution in [0.2, 0.25) is 0 Å². The summed E-state index contributed by atoms with van der Waals surface area (Å²) in [6, 6.07) is 6.62. The zero-order valence-electron chi connectivity index (χ0n) is 13.3. The number of aromatic nitrogens is 3. The number of H-pyrrole nitrogens is 1. The summed E-state index contributed by atoms with van der Waals surface area (Å²) in [7, 11) is 0. The van der Waals surface area contributed by atoms with Crippen molar-refractivity contribution in [1.82, 2.24) is 15.0 Å². The van der Waals surface area contributed by atoms with Crippen LogP contribution in [0.15, 0.2) is 55.0 Å². The van der Waals surface area contributed by atoms with Gasteiger partial charge in [-0.1, -0.05) is 24.3 Å². The van der Waals surface area contributed by atoms with Gasteiger partial charge in [-0.15, -0.1) is 0 Å². The second-order valence-corrected chi connectivity index (χ2v) is 5.67. The van der Waals surface area contributed by atoms with Crippen LogP contribution < -0.4 is 0 Å². The molecule has 0 amide bonds. The van der Waals surface area contributed by atoms with E-state index in [0.717, 1.165) is 12.1 Å². The highest BCUT2D eigenvalue weighted by molar-refractivity contribution is 5.64. The minimum atomic E-state index is -5.93. The van der Waals surface area contributed by atoms with E-state index in [1.807, 2.05) is 0 Å². The number of nitrogens with zero attached hydrogens (tertiary/aromatic N) is 2. The second kappa shape index (κ2) is 6.38. The number of nitrogens with one attached hydrogen (secondary N) is 1. The normalized spacial score (nSPS) is 13.0. The van der Waals surface area contributed by atoms with Gasteiger partial charge in [-0.05, 0) is 12.1 Å². The molecule has 0 fully saturated rings. The maximum Gasteiger partial charge on any atom is 0.430 e. The second-order valence-electron chi connectivity index (χ2n) is 5.67. The Morgan fingerprint density at radius 3 is 1.96 bits per heavy atom. The first-order valence-corrected chi connectivity index (χ1v) is 7.46. The van der Waals surface area contributed by atoms with Crippen molar-refractivity contribution in [2.45, 2.75) is 18.0 Å². The van der Waals surface area contributed by atoms with Gasteiger partial charge >= 0.3 is 12.4 Å². The summed E-state index contributed by atoms with van der Waals surface area (Å²) >= 11 is 0. The topological polar surface area (TPSA) is 61.8 Å². The molecule has 0 aliphatic rings. The summed E-state index contributed by atoms with van der Waals surface area (Å²) in [6.07, 6.45) is -7.26. The van der Waals surface area contributed by atoms with Crippen molar-refractivity contribution in [3.8, 4) is 22.6 Å². The van der Waals surface area contributed by atoms with Crippen molar-refractivity contribution in [2.24, 2.45) is 0 Å². The first-order valence-electron chi connectivity index (χ1n) is 7.46. The van der Waals surface area contributed by atoms with Gasteiger partial charge in [0.1, 0.15) is 5.82 Å². The Morgan fingerprint density at radius 1 is 0.815 bits per heavy atom. The van der Waals surface area contributed by atoms with Gasteiger partial charge in [0.15, 0.2) is 0 Å². The Hall–Kier alpha value is -2.88. The predicted molar refractivity (Wildman–Crippen MR) is 83.3 cm³/mol. The number of halogens is 6. The molecule has 0 radical (unpaired) electrons. The maximum atomic E-state index is 12.9. The average molecular weight is 387 g/mol. The molecule has 10 heteroatoms. The van der Waals surface area contributed by atoms with Crippen LogP contribution in [0.5, 0.6) is 0 Å². The third kappa shape index (κ3) is 3.27. The van der Waals surface area contributed by atoms with Gasteiger partial charge in [-0.3, -0.25) is 4.98 Å². The first kappa shape index (κ1) is 18.9. The average Bonchev–Trinajstić information content (AvgIpc) is 3.10. The Bertz CT molecular complexity index is 902. The molecule has 0 saturated heterocycles. The van der Waals surface area contributed by atoms with Gasteiger partial charge in [-0.25, -0.2) is 4.98 Å². The third-order valence-electron chi connectivity index (χ3n) is 3.94. The molecular formula is C17H11F6N3O. The molecule has 0 bridgehead atoms. The van der Waals surface area contributed by atoms with Gasteiger partial charge in [0, 0.05) is 29.1 Å². The highest BCUT2D eigenvalue weighted by atomic mass is 19.4. The molecule has 1 aromatic carbocycles. The van der Waals surface area contributed by atoms with Gasteiger partial charge in [0.2, 0.25) is 0 Å². The Morgan fingerprint density at radius 2 is 1.44 bits per heavy atom. The number of pyridine rings is 1. The number of benzene rings is 1. The predicted octanol–water partition coefficient (Wildman–Crippen LogP) is 4.45. The lowest BCUT2D eigenvalue weighted by Crippen LogP contribution is -2.53. The van der Waals surface area contributed by atoms with E-state index in [1.165, 1.54) is 6.20 Å². The largest absolute Gasteiger partial charge is 0.430 e. The third-order valence-corrected chi connectivity index (χ3v) is 3.94. The molecule has 3 aromatic rings. The SMILES string of the molecule is OC(c1ccc(-c2ncc(-c3cccnc3)[nH]2)cc1)(C(F)(F)F)C(F)(F)F. The van der Waals surface area contributed by atoms with Gasteiger partial charge < -0.3 is 10.1 Å². The molecule has 2 N–H and O–H groups in total. The molecular weight excluding hydrogens is 376 g/mol. The number of hydrogen-bond donors (Lipinski definition) is 2. The lowest BCUT2D eigenvalue weighted by Gasteiger charge is -2.32. The van der Waals surface area contributed by atoms with Gasteiger partial charge in [0.25, 0.3) is 5.60 Å². The quantitative estimate of drug-likeness (QED) is 0.653. The summed E-state index contributed by atoms with van der Waals surface area (Å²) in [4.78, 5) is 10.9. The van der Waals surface area contributed by atoms with Crippen LogP contribution >= 0.6 is 0 Å². The van der Waals surface area contributed by atoms with E-state index in [1.54, 1.807) is 24.5 Å². The lowest BCUT2D eigenvalue weighted by molar-refractivity contribution is -0.376. The number of rotatable bonds is 3. The maximum absolute atomic E-state index is 12.9. The number of aromatic amines is 1. The van der Waals surface area contributed by atoms with E-state index in [-0.39, 0.29) is 11.4 Å². The zero-order chi connectivity index (χ0) is 19.9. The Balaban J connectivity index is 1.95. The van der Waals surface area contributed by atoms with E-state index in [4.69, 9.17) is 0 Å². The first-order chi connectivity index (χ1) is 12.5. The van der Waals surface area contributed by atoms with Gasteiger partial charge in [0.05, 0.1) is 11.9 Å². The van der Waals surface area contributed by atoms with E-state index < -0.39 is 23.5 Å². The fourth-order valence-electron chi connectivity index (χ4n) is 2.49. The molecule has 0 saturated carbocycles. The van der Waals surface area contributed by atoms with Crippen molar-refractivity contribution in [1.29, 1.82) is 0 Å². The molecule has 0 aliphatic carbocycles. The minimum absolute atomic E-state index is 0.239.